The van der Waals surface area contributed by atoms with Crippen molar-refractivity contribution in [3.63, 3.8) is 0 Å². The Bertz CT molecular complexity index is 1140. The topological polar surface area (TPSA) is 81.0 Å². The number of allylic oxidation sites excluding steroid dienone is 3. The van der Waals surface area contributed by atoms with Crippen LogP contribution >= 0.6 is 0 Å². The highest BCUT2D eigenvalue weighted by molar-refractivity contribution is 5.87. The fraction of sp³-hybridized carbons (Fsp3) is 0.618. The number of carbonyl (C=O) groups excluding carboxylic acids is 1. The van der Waals surface area contributed by atoms with Gasteiger partial charge in [-0.3, -0.25) is 4.79 Å². The fourth-order valence-electron chi connectivity index (χ4n) is 8.60. The van der Waals surface area contributed by atoms with Crippen LogP contribution in [0.4, 0.5) is 0 Å². The van der Waals surface area contributed by atoms with Crippen LogP contribution in [-0.4, -0.2) is 50.0 Å². The first-order valence-electron chi connectivity index (χ1n) is 15.0. The highest BCUT2D eigenvalue weighted by Gasteiger charge is 2.53. The van der Waals surface area contributed by atoms with Gasteiger partial charge in [0, 0.05) is 25.4 Å². The minimum Gasteiger partial charge on any atom is -0.393 e. The predicted octanol–water partition coefficient (Wildman–Crippen LogP) is 5.71. The standard InChI is InChI=1S/C34H47NO4/c1-22(17-27-20-34(4,39)32(38)35(27)21-24-9-6-5-7-10-24)29-14-15-30-25(11-8-16-33(29,30)3)12-13-26-18-28(36)19-31(37)23(26)2/h5-7,9-10,12-13,22,27-31,36-37,39H,2,8,11,14-21H2,1,3-4H3/b25-12+,26-13-/t22-,27-,28-,29-,30?,31+,33-,34-/m1/s1. The number of hydrogen-bond acceptors (Lipinski definition) is 4. The van der Waals surface area contributed by atoms with Crippen molar-refractivity contribution in [3.8, 4) is 0 Å². The number of rotatable bonds is 6. The van der Waals surface area contributed by atoms with E-state index in [4.69, 9.17) is 0 Å². The molecule has 1 aromatic rings. The first kappa shape index (κ1) is 28.3. The molecule has 0 bridgehead atoms. The number of amides is 1. The molecular formula is C34H47NO4. The quantitative estimate of drug-likeness (QED) is 0.438. The normalized spacial score (nSPS) is 39.9. The Morgan fingerprint density at radius 3 is 2.64 bits per heavy atom. The van der Waals surface area contributed by atoms with Gasteiger partial charge in [0.25, 0.3) is 5.91 Å². The molecule has 3 aliphatic carbocycles. The summed E-state index contributed by atoms with van der Waals surface area (Å²) >= 11 is 0. The van der Waals surface area contributed by atoms with Crippen molar-refractivity contribution in [2.75, 3.05) is 0 Å². The van der Waals surface area contributed by atoms with Crippen molar-refractivity contribution in [1.29, 1.82) is 0 Å². The summed E-state index contributed by atoms with van der Waals surface area (Å²) in [5, 5.41) is 31.3. The van der Waals surface area contributed by atoms with Gasteiger partial charge in [0.2, 0.25) is 0 Å². The summed E-state index contributed by atoms with van der Waals surface area (Å²) in [6, 6.07) is 10.2. The van der Waals surface area contributed by atoms with Gasteiger partial charge in [-0.1, -0.05) is 68.5 Å². The highest BCUT2D eigenvalue weighted by atomic mass is 16.3. The van der Waals surface area contributed by atoms with Gasteiger partial charge in [-0.25, -0.2) is 0 Å². The van der Waals surface area contributed by atoms with Crippen LogP contribution in [0.1, 0.15) is 84.1 Å². The van der Waals surface area contributed by atoms with Crippen LogP contribution in [0.2, 0.25) is 0 Å². The minimum atomic E-state index is -1.29. The Labute approximate surface area is 234 Å². The van der Waals surface area contributed by atoms with E-state index in [2.05, 4.69) is 44.7 Å². The van der Waals surface area contributed by atoms with Crippen LogP contribution in [0.15, 0.2) is 65.8 Å². The Hall–Kier alpha value is -2.21. The summed E-state index contributed by atoms with van der Waals surface area (Å²) in [5.41, 5.74) is 3.25. The van der Waals surface area contributed by atoms with Crippen molar-refractivity contribution in [1.82, 2.24) is 4.90 Å². The molecule has 5 nitrogen and oxygen atoms in total. The van der Waals surface area contributed by atoms with E-state index >= 15 is 0 Å². The maximum atomic E-state index is 13.2. The number of fused-ring (bicyclic) bond motifs is 1. The second-order valence-corrected chi connectivity index (χ2v) is 13.4. The molecule has 1 amide bonds. The summed E-state index contributed by atoms with van der Waals surface area (Å²) in [5.74, 6) is 1.42. The molecular weight excluding hydrogens is 486 g/mol. The molecule has 3 N–H and O–H groups in total. The van der Waals surface area contributed by atoms with Gasteiger partial charge in [-0.15, -0.1) is 0 Å². The molecule has 4 aliphatic rings. The fourth-order valence-corrected chi connectivity index (χ4v) is 8.60. The van der Waals surface area contributed by atoms with E-state index in [-0.39, 0.29) is 17.4 Å². The Morgan fingerprint density at radius 2 is 1.90 bits per heavy atom. The maximum Gasteiger partial charge on any atom is 0.254 e. The number of nitrogens with zero attached hydrogens (tertiary/aromatic N) is 1. The van der Waals surface area contributed by atoms with Crippen LogP contribution < -0.4 is 0 Å². The molecule has 0 aromatic heterocycles. The van der Waals surface area contributed by atoms with Gasteiger partial charge in [0.15, 0.2) is 0 Å². The number of hydrogen-bond donors (Lipinski definition) is 3. The smallest absolute Gasteiger partial charge is 0.254 e. The van der Waals surface area contributed by atoms with Crippen LogP contribution in [0, 0.1) is 23.2 Å². The summed E-state index contributed by atoms with van der Waals surface area (Å²) in [7, 11) is 0. The van der Waals surface area contributed by atoms with E-state index in [9.17, 15) is 20.1 Å². The van der Waals surface area contributed by atoms with Crippen molar-refractivity contribution < 1.29 is 20.1 Å². The van der Waals surface area contributed by atoms with Crippen molar-refractivity contribution in [3.05, 3.63) is 71.3 Å². The lowest BCUT2D eigenvalue weighted by molar-refractivity contribution is -0.142. The number of benzene rings is 1. The third kappa shape index (κ3) is 5.55. The first-order valence-corrected chi connectivity index (χ1v) is 15.0. The lowest BCUT2D eigenvalue weighted by atomic mass is 9.60. The molecule has 39 heavy (non-hydrogen) atoms. The van der Waals surface area contributed by atoms with Crippen molar-refractivity contribution in [2.45, 2.75) is 109 Å². The highest BCUT2D eigenvalue weighted by Crippen LogP contribution is 2.60. The zero-order chi connectivity index (χ0) is 27.9. The molecule has 5 heteroatoms. The van der Waals surface area contributed by atoms with Crippen molar-refractivity contribution in [2.24, 2.45) is 23.2 Å². The average molecular weight is 534 g/mol. The van der Waals surface area contributed by atoms with E-state index in [1.165, 1.54) is 31.3 Å². The molecule has 5 rings (SSSR count). The van der Waals surface area contributed by atoms with E-state index < -0.39 is 17.8 Å². The first-order chi connectivity index (χ1) is 18.5. The molecule has 4 fully saturated rings. The van der Waals surface area contributed by atoms with Crippen LogP contribution in [0.25, 0.3) is 0 Å². The summed E-state index contributed by atoms with van der Waals surface area (Å²) in [4.78, 5) is 15.1. The van der Waals surface area contributed by atoms with Crippen molar-refractivity contribution >= 4 is 5.91 Å². The van der Waals surface area contributed by atoms with Gasteiger partial charge >= 0.3 is 0 Å². The monoisotopic (exact) mass is 533 g/mol. The van der Waals surface area contributed by atoms with Crippen LogP contribution in [-0.2, 0) is 11.3 Å². The van der Waals surface area contributed by atoms with Gasteiger partial charge in [-0.2, -0.15) is 0 Å². The zero-order valence-corrected chi connectivity index (χ0v) is 24.0. The summed E-state index contributed by atoms with van der Waals surface area (Å²) < 4.78 is 0. The van der Waals surface area contributed by atoms with E-state index in [1.807, 2.05) is 23.1 Å². The number of aliphatic hydroxyl groups is 3. The van der Waals surface area contributed by atoms with Gasteiger partial charge < -0.3 is 20.2 Å². The Balaban J connectivity index is 1.31. The predicted molar refractivity (Wildman–Crippen MR) is 155 cm³/mol. The molecule has 1 aliphatic heterocycles. The molecule has 1 saturated heterocycles. The van der Waals surface area contributed by atoms with Gasteiger partial charge in [-0.05, 0) is 91.7 Å². The minimum absolute atomic E-state index is 0.0452. The SMILES string of the molecule is C=C1/C(=C\C=C2/CCC[C@@]3(C)C2CC[C@@H]3[C@H](C)C[C@@H]2C[C@@](C)(O)C(=O)N2Cc2ccccc2)C[C@@H](O)C[C@@H]1O. The zero-order valence-electron chi connectivity index (χ0n) is 24.0. The lowest BCUT2D eigenvalue weighted by Gasteiger charge is -2.45. The van der Waals surface area contributed by atoms with Crippen LogP contribution in [0.3, 0.4) is 0 Å². The van der Waals surface area contributed by atoms with Gasteiger partial charge in [0.1, 0.15) is 5.60 Å². The molecule has 1 heterocycles. The Morgan fingerprint density at radius 1 is 1.15 bits per heavy atom. The molecule has 3 saturated carbocycles. The molecule has 8 atom stereocenters. The number of carbonyl (C=O) groups is 1. The largest absolute Gasteiger partial charge is 0.393 e. The van der Waals surface area contributed by atoms with E-state index in [1.54, 1.807) is 6.92 Å². The second-order valence-electron chi connectivity index (χ2n) is 13.4. The molecule has 0 spiro atoms. The maximum absolute atomic E-state index is 13.2. The van der Waals surface area contributed by atoms with Crippen LogP contribution in [0.5, 0.6) is 0 Å². The average Bonchev–Trinajstić information content (AvgIpc) is 3.35. The lowest BCUT2D eigenvalue weighted by Crippen LogP contribution is -2.40. The van der Waals surface area contributed by atoms with E-state index in [0.29, 0.717) is 43.6 Å². The molecule has 212 valence electrons. The third-order valence-corrected chi connectivity index (χ3v) is 10.6. The summed E-state index contributed by atoms with van der Waals surface area (Å²) in [6.07, 6.45) is 11.4. The second kappa shape index (κ2) is 11.0. The third-order valence-electron chi connectivity index (χ3n) is 10.6. The number of likely N-dealkylation sites (tertiary alicyclic amines) is 1. The van der Waals surface area contributed by atoms with Gasteiger partial charge in [0.05, 0.1) is 12.2 Å². The Kier molecular flexibility index (Phi) is 7.98. The molecule has 0 radical (unpaired) electrons. The molecule has 1 aromatic carbocycles. The van der Waals surface area contributed by atoms with E-state index in [0.717, 1.165) is 29.6 Å². The summed E-state index contributed by atoms with van der Waals surface area (Å²) in [6.45, 7) is 11.2. The number of aliphatic hydroxyl groups excluding tert-OH is 2. The molecule has 1 unspecified atom stereocenters.